The average molecular weight is 277 g/mol. The van der Waals surface area contributed by atoms with Crippen molar-refractivity contribution in [3.63, 3.8) is 0 Å². The molecule has 0 aromatic heterocycles. The van der Waals surface area contributed by atoms with Crippen molar-refractivity contribution in [1.82, 2.24) is 0 Å². The van der Waals surface area contributed by atoms with E-state index in [9.17, 15) is 23.1 Å². The first-order valence-corrected chi connectivity index (χ1v) is 5.66. The third-order valence-corrected chi connectivity index (χ3v) is 2.27. The third-order valence-electron chi connectivity index (χ3n) is 2.27. The van der Waals surface area contributed by atoms with Crippen LogP contribution in [0, 0.1) is 17.5 Å². The molecule has 0 amide bonds. The smallest absolute Gasteiger partial charge is 0.308 e. The number of nitrogens with one attached hydrogen (secondary N) is 1. The van der Waals surface area contributed by atoms with Crippen molar-refractivity contribution < 1.29 is 27.8 Å². The Bertz CT molecular complexity index is 454. The van der Waals surface area contributed by atoms with Crippen LogP contribution in [-0.4, -0.2) is 30.3 Å². The minimum atomic E-state index is -1.59. The Labute approximate surface area is 108 Å². The molecule has 19 heavy (non-hydrogen) atoms. The molecular weight excluding hydrogens is 263 g/mol. The average Bonchev–Trinajstić information content (AvgIpc) is 2.35. The highest BCUT2D eigenvalue weighted by Crippen LogP contribution is 2.19. The number of aliphatic hydroxyl groups is 1. The van der Waals surface area contributed by atoms with Crippen molar-refractivity contribution in [2.75, 3.05) is 18.5 Å². The third kappa shape index (κ3) is 4.44. The maximum Gasteiger partial charge on any atom is 0.308 e. The van der Waals surface area contributed by atoms with E-state index in [2.05, 4.69) is 10.1 Å². The Morgan fingerprint density at radius 2 is 2.05 bits per heavy atom. The molecule has 4 nitrogen and oxygen atoms in total. The van der Waals surface area contributed by atoms with Crippen LogP contribution in [-0.2, 0) is 9.53 Å². The highest BCUT2D eigenvalue weighted by molar-refractivity contribution is 5.70. The lowest BCUT2D eigenvalue weighted by Gasteiger charge is -2.13. The monoisotopic (exact) mass is 277 g/mol. The molecule has 0 saturated heterocycles. The predicted octanol–water partition coefficient (Wildman–Crippen LogP) is 1.83. The number of halogens is 3. The molecular formula is C12H14F3NO3. The van der Waals surface area contributed by atoms with Crippen LogP contribution in [0.2, 0.25) is 0 Å². The van der Waals surface area contributed by atoms with Crippen LogP contribution >= 0.6 is 0 Å². The molecule has 0 fully saturated rings. The Balaban J connectivity index is 2.53. The summed E-state index contributed by atoms with van der Waals surface area (Å²) in [5.41, 5.74) is -0.290. The van der Waals surface area contributed by atoms with E-state index in [0.717, 1.165) is 12.1 Å². The number of carbonyl (C=O) groups excluding carboxylic acids is 1. The molecule has 2 N–H and O–H groups in total. The fourth-order valence-corrected chi connectivity index (χ4v) is 1.37. The van der Waals surface area contributed by atoms with Crippen molar-refractivity contribution in [3.8, 4) is 0 Å². The molecule has 0 aliphatic heterocycles. The van der Waals surface area contributed by atoms with Gasteiger partial charge < -0.3 is 15.2 Å². The first kappa shape index (κ1) is 15.3. The van der Waals surface area contributed by atoms with Crippen LogP contribution in [0.4, 0.5) is 18.9 Å². The number of rotatable bonds is 6. The van der Waals surface area contributed by atoms with Gasteiger partial charge in [0.05, 0.1) is 24.8 Å². The lowest BCUT2D eigenvalue weighted by Crippen LogP contribution is -2.24. The molecule has 0 heterocycles. The van der Waals surface area contributed by atoms with Crippen LogP contribution in [0.15, 0.2) is 12.1 Å². The number of benzene rings is 1. The molecule has 0 radical (unpaired) electrons. The zero-order valence-corrected chi connectivity index (χ0v) is 10.3. The van der Waals surface area contributed by atoms with Crippen LogP contribution in [0.5, 0.6) is 0 Å². The molecule has 1 atom stereocenters. The van der Waals surface area contributed by atoms with Gasteiger partial charge in [0.25, 0.3) is 0 Å². The first-order valence-electron chi connectivity index (χ1n) is 5.66. The second-order valence-electron chi connectivity index (χ2n) is 3.77. The van der Waals surface area contributed by atoms with Gasteiger partial charge in [-0.15, -0.1) is 0 Å². The second kappa shape index (κ2) is 6.98. The summed E-state index contributed by atoms with van der Waals surface area (Å²) in [6, 6.07) is 1.77. The lowest BCUT2D eigenvalue weighted by molar-refractivity contribution is -0.145. The van der Waals surface area contributed by atoms with E-state index < -0.39 is 29.5 Å². The number of aliphatic hydroxyl groups excluding tert-OH is 1. The zero-order chi connectivity index (χ0) is 14.4. The lowest BCUT2D eigenvalue weighted by atomic mass is 10.2. The maximum absolute atomic E-state index is 13.2. The zero-order valence-electron chi connectivity index (χ0n) is 10.3. The second-order valence-corrected chi connectivity index (χ2v) is 3.77. The molecule has 1 aromatic rings. The van der Waals surface area contributed by atoms with E-state index in [1.165, 1.54) is 0 Å². The molecule has 0 bridgehead atoms. The standard InChI is InChI=1S/C12H14F3NO3/c1-2-19-10(18)5-7(17)6-16-9-4-3-8(13)11(14)12(9)15/h3-4,7,16-17H,2,5-6H2,1H3. The van der Waals surface area contributed by atoms with Crippen molar-refractivity contribution >= 4 is 11.7 Å². The number of carbonyl (C=O) groups is 1. The summed E-state index contributed by atoms with van der Waals surface area (Å²) in [7, 11) is 0. The Hall–Kier alpha value is -1.76. The van der Waals surface area contributed by atoms with Gasteiger partial charge in [0.15, 0.2) is 17.5 Å². The number of esters is 1. The SMILES string of the molecule is CCOC(=O)CC(O)CNc1ccc(F)c(F)c1F. The number of hydrogen-bond acceptors (Lipinski definition) is 4. The molecule has 0 saturated carbocycles. The van der Waals surface area contributed by atoms with Gasteiger partial charge in [0, 0.05) is 6.54 Å². The van der Waals surface area contributed by atoms with Gasteiger partial charge in [-0.25, -0.2) is 13.2 Å². The van der Waals surface area contributed by atoms with Gasteiger partial charge in [-0.1, -0.05) is 0 Å². The van der Waals surface area contributed by atoms with Crippen LogP contribution in [0.1, 0.15) is 13.3 Å². The fraction of sp³-hybridized carbons (Fsp3) is 0.417. The molecule has 0 aliphatic rings. The van der Waals surface area contributed by atoms with Crippen molar-refractivity contribution in [2.45, 2.75) is 19.4 Å². The molecule has 0 aliphatic carbocycles. The number of hydrogen-bond donors (Lipinski definition) is 2. The van der Waals surface area contributed by atoms with Gasteiger partial charge in [-0.2, -0.15) is 0 Å². The summed E-state index contributed by atoms with van der Waals surface area (Å²) in [4.78, 5) is 11.0. The number of ether oxygens (including phenoxy) is 1. The largest absolute Gasteiger partial charge is 0.466 e. The van der Waals surface area contributed by atoms with E-state index in [0.29, 0.717) is 0 Å². The van der Waals surface area contributed by atoms with E-state index in [-0.39, 0.29) is 25.3 Å². The molecule has 7 heteroatoms. The highest BCUT2D eigenvalue weighted by atomic mass is 19.2. The van der Waals surface area contributed by atoms with E-state index in [1.54, 1.807) is 6.92 Å². The normalized spacial score (nSPS) is 12.1. The van der Waals surface area contributed by atoms with Gasteiger partial charge in [-0.3, -0.25) is 4.79 Å². The van der Waals surface area contributed by atoms with Crippen molar-refractivity contribution in [1.29, 1.82) is 0 Å². The van der Waals surface area contributed by atoms with Crippen molar-refractivity contribution in [2.24, 2.45) is 0 Å². The Morgan fingerprint density at radius 3 is 2.68 bits per heavy atom. The summed E-state index contributed by atoms with van der Waals surface area (Å²) in [6.45, 7) is 1.62. The van der Waals surface area contributed by atoms with Crippen molar-refractivity contribution in [3.05, 3.63) is 29.6 Å². The van der Waals surface area contributed by atoms with Crippen LogP contribution in [0.25, 0.3) is 0 Å². The number of anilines is 1. The topological polar surface area (TPSA) is 58.6 Å². The first-order chi connectivity index (χ1) is 8.95. The summed E-state index contributed by atoms with van der Waals surface area (Å²) in [5, 5.41) is 11.9. The van der Waals surface area contributed by atoms with Crippen LogP contribution in [0.3, 0.4) is 0 Å². The summed E-state index contributed by atoms with van der Waals surface area (Å²) in [6.07, 6.45) is -1.39. The van der Waals surface area contributed by atoms with Gasteiger partial charge >= 0.3 is 5.97 Å². The molecule has 106 valence electrons. The Kier molecular flexibility index (Phi) is 5.62. The molecule has 0 spiro atoms. The fourth-order valence-electron chi connectivity index (χ4n) is 1.37. The highest BCUT2D eigenvalue weighted by Gasteiger charge is 2.15. The van der Waals surface area contributed by atoms with Gasteiger partial charge in [-0.05, 0) is 19.1 Å². The minimum Gasteiger partial charge on any atom is -0.466 e. The predicted molar refractivity (Wildman–Crippen MR) is 62.1 cm³/mol. The van der Waals surface area contributed by atoms with E-state index in [4.69, 9.17) is 0 Å². The summed E-state index contributed by atoms with van der Waals surface area (Å²) in [5.74, 6) is -4.86. The van der Waals surface area contributed by atoms with Gasteiger partial charge in [0.1, 0.15) is 0 Å². The van der Waals surface area contributed by atoms with E-state index in [1.807, 2.05) is 0 Å². The summed E-state index contributed by atoms with van der Waals surface area (Å²) < 4.78 is 43.4. The molecule has 1 unspecified atom stereocenters. The van der Waals surface area contributed by atoms with Gasteiger partial charge in [0.2, 0.25) is 0 Å². The molecule has 1 aromatic carbocycles. The Morgan fingerprint density at radius 1 is 1.37 bits per heavy atom. The quantitative estimate of drug-likeness (QED) is 0.615. The van der Waals surface area contributed by atoms with E-state index >= 15 is 0 Å². The maximum atomic E-state index is 13.2. The molecule has 1 rings (SSSR count). The van der Waals surface area contributed by atoms with Crippen LogP contribution < -0.4 is 5.32 Å². The summed E-state index contributed by atoms with van der Waals surface area (Å²) >= 11 is 0. The minimum absolute atomic E-state index is 0.191.